The van der Waals surface area contributed by atoms with Gasteiger partial charge in [0.05, 0.1) is 11.2 Å². The van der Waals surface area contributed by atoms with Crippen LogP contribution in [0.25, 0.3) is 22.2 Å². The predicted molar refractivity (Wildman–Crippen MR) is 106 cm³/mol. The van der Waals surface area contributed by atoms with Crippen LogP contribution in [0.1, 0.15) is 13.8 Å². The largest absolute Gasteiger partial charge is 0.372 e. The van der Waals surface area contributed by atoms with Gasteiger partial charge in [-0.1, -0.05) is 12.1 Å². The highest BCUT2D eigenvalue weighted by atomic mass is 15.1. The number of aromatic nitrogens is 2. The van der Waals surface area contributed by atoms with Crippen LogP contribution in [0.3, 0.4) is 0 Å². The van der Waals surface area contributed by atoms with E-state index >= 15 is 0 Å². The molecule has 2 aromatic heterocycles. The maximum atomic E-state index is 5.63. The summed E-state index contributed by atoms with van der Waals surface area (Å²) < 4.78 is 0. The average Bonchev–Trinajstić information content (AvgIpc) is 2.67. The van der Waals surface area contributed by atoms with E-state index in [4.69, 9.17) is 10.7 Å². The van der Waals surface area contributed by atoms with Crippen LogP contribution in [-0.2, 0) is 0 Å². The Hall–Kier alpha value is -2.66. The number of hydrogen-bond acceptors (Lipinski definition) is 5. The Morgan fingerprint density at radius 1 is 1.08 bits per heavy atom. The van der Waals surface area contributed by atoms with E-state index in [1.165, 1.54) is 5.69 Å². The molecule has 0 unspecified atom stereocenters. The molecule has 0 saturated heterocycles. The van der Waals surface area contributed by atoms with Gasteiger partial charge in [-0.15, -0.1) is 0 Å². The van der Waals surface area contributed by atoms with Crippen molar-refractivity contribution in [1.82, 2.24) is 9.97 Å². The summed E-state index contributed by atoms with van der Waals surface area (Å²) in [5.41, 5.74) is 9.79. The molecular weight excluding hydrogens is 310 g/mol. The molecule has 0 bridgehead atoms. The third kappa shape index (κ3) is 3.72. The van der Waals surface area contributed by atoms with Crippen LogP contribution in [-0.4, -0.2) is 36.1 Å². The Kier molecular flexibility index (Phi) is 5.46. The number of hydrogen-bond donors (Lipinski definition) is 2. The molecule has 0 fully saturated rings. The highest BCUT2D eigenvalue weighted by molar-refractivity contribution is 5.92. The first-order valence-corrected chi connectivity index (χ1v) is 8.82. The first kappa shape index (κ1) is 17.2. The van der Waals surface area contributed by atoms with Crippen molar-refractivity contribution in [2.45, 2.75) is 13.8 Å². The molecule has 5 heteroatoms. The van der Waals surface area contributed by atoms with Crippen LogP contribution in [0.5, 0.6) is 0 Å². The first-order chi connectivity index (χ1) is 12.3. The SMILES string of the molecule is CCN(CC)c1ccc(-c2cc3ncccc3c(NCCN)n2)cc1. The molecule has 0 aliphatic carbocycles. The maximum absolute atomic E-state index is 5.63. The molecular formula is C20H25N5. The van der Waals surface area contributed by atoms with Crippen LogP contribution < -0.4 is 16.0 Å². The van der Waals surface area contributed by atoms with Gasteiger partial charge in [0.15, 0.2) is 0 Å². The van der Waals surface area contributed by atoms with Gasteiger partial charge in [-0.3, -0.25) is 4.98 Å². The summed E-state index contributed by atoms with van der Waals surface area (Å²) in [6.45, 7) is 7.59. The summed E-state index contributed by atoms with van der Waals surface area (Å²) in [7, 11) is 0. The summed E-state index contributed by atoms with van der Waals surface area (Å²) in [6.07, 6.45) is 1.81. The number of anilines is 2. The number of fused-ring (bicyclic) bond motifs is 1. The van der Waals surface area contributed by atoms with E-state index in [1.807, 2.05) is 24.4 Å². The lowest BCUT2D eigenvalue weighted by Crippen LogP contribution is -2.21. The molecule has 0 saturated carbocycles. The van der Waals surface area contributed by atoms with Crippen molar-refractivity contribution >= 4 is 22.4 Å². The second-order valence-corrected chi connectivity index (χ2v) is 5.86. The Bertz CT molecular complexity index is 825. The number of rotatable bonds is 7. The van der Waals surface area contributed by atoms with E-state index in [0.29, 0.717) is 13.1 Å². The molecule has 3 aromatic rings. The van der Waals surface area contributed by atoms with E-state index < -0.39 is 0 Å². The van der Waals surface area contributed by atoms with Gasteiger partial charge < -0.3 is 16.0 Å². The average molecular weight is 335 g/mol. The van der Waals surface area contributed by atoms with Crippen molar-refractivity contribution in [3.8, 4) is 11.3 Å². The van der Waals surface area contributed by atoms with E-state index in [-0.39, 0.29) is 0 Å². The zero-order chi connectivity index (χ0) is 17.6. The van der Waals surface area contributed by atoms with Crippen LogP contribution in [0, 0.1) is 0 Å². The van der Waals surface area contributed by atoms with Crippen molar-refractivity contribution in [2.24, 2.45) is 5.73 Å². The van der Waals surface area contributed by atoms with Crippen LogP contribution in [0.2, 0.25) is 0 Å². The standard InChI is InChI=1S/C20H25N5/c1-3-25(4-2)16-9-7-15(8-10-16)18-14-19-17(6-5-12-22-19)20(24-18)23-13-11-21/h5-10,12,14H,3-4,11,13,21H2,1-2H3,(H,23,24). The molecule has 0 amide bonds. The highest BCUT2D eigenvalue weighted by Gasteiger charge is 2.09. The zero-order valence-electron chi connectivity index (χ0n) is 14.9. The fraction of sp³-hybridized carbons (Fsp3) is 0.300. The lowest BCUT2D eigenvalue weighted by atomic mass is 10.1. The summed E-state index contributed by atoms with van der Waals surface area (Å²) in [6, 6.07) is 14.5. The van der Waals surface area contributed by atoms with Crippen LogP contribution in [0.15, 0.2) is 48.7 Å². The Morgan fingerprint density at radius 2 is 1.84 bits per heavy atom. The molecule has 0 radical (unpaired) electrons. The van der Waals surface area contributed by atoms with Crippen LogP contribution >= 0.6 is 0 Å². The quantitative estimate of drug-likeness (QED) is 0.691. The molecule has 3 rings (SSSR count). The summed E-state index contributed by atoms with van der Waals surface area (Å²) >= 11 is 0. The Balaban J connectivity index is 2.00. The number of pyridine rings is 2. The van der Waals surface area contributed by atoms with Gasteiger partial charge in [-0.25, -0.2) is 4.98 Å². The normalized spacial score (nSPS) is 10.8. The summed E-state index contributed by atoms with van der Waals surface area (Å²) in [5.74, 6) is 0.832. The Morgan fingerprint density at radius 3 is 2.52 bits per heavy atom. The fourth-order valence-corrected chi connectivity index (χ4v) is 2.98. The minimum atomic E-state index is 0.562. The lowest BCUT2D eigenvalue weighted by molar-refractivity contribution is 0.866. The van der Waals surface area contributed by atoms with Crippen molar-refractivity contribution in [1.29, 1.82) is 0 Å². The van der Waals surface area contributed by atoms with Crippen LogP contribution in [0.4, 0.5) is 11.5 Å². The van der Waals surface area contributed by atoms with Crippen molar-refractivity contribution in [3.63, 3.8) is 0 Å². The number of benzene rings is 1. The third-order valence-electron chi connectivity index (χ3n) is 4.33. The number of nitrogens with two attached hydrogens (primary N) is 1. The topological polar surface area (TPSA) is 67.1 Å². The van der Waals surface area contributed by atoms with Gasteiger partial charge in [-0.05, 0) is 44.2 Å². The number of nitrogens with zero attached hydrogens (tertiary/aromatic N) is 3. The zero-order valence-corrected chi connectivity index (χ0v) is 14.9. The monoisotopic (exact) mass is 335 g/mol. The van der Waals surface area contributed by atoms with Gasteiger partial charge in [0.2, 0.25) is 0 Å². The number of nitrogens with one attached hydrogen (secondary N) is 1. The second-order valence-electron chi connectivity index (χ2n) is 5.86. The molecule has 0 aliphatic rings. The van der Waals surface area contributed by atoms with Gasteiger partial charge in [-0.2, -0.15) is 0 Å². The molecule has 130 valence electrons. The van der Waals surface area contributed by atoms with Gasteiger partial charge in [0, 0.05) is 49.0 Å². The molecule has 5 nitrogen and oxygen atoms in total. The third-order valence-corrected chi connectivity index (χ3v) is 4.33. The van der Waals surface area contributed by atoms with E-state index in [1.54, 1.807) is 0 Å². The first-order valence-electron chi connectivity index (χ1n) is 8.82. The molecule has 3 N–H and O–H groups in total. The van der Waals surface area contributed by atoms with Crippen molar-refractivity contribution in [2.75, 3.05) is 36.4 Å². The van der Waals surface area contributed by atoms with E-state index in [9.17, 15) is 0 Å². The minimum absolute atomic E-state index is 0.562. The van der Waals surface area contributed by atoms with E-state index in [0.717, 1.165) is 41.1 Å². The molecule has 0 aliphatic heterocycles. The summed E-state index contributed by atoms with van der Waals surface area (Å²) in [4.78, 5) is 11.6. The van der Waals surface area contributed by atoms with E-state index in [2.05, 4.69) is 53.3 Å². The van der Waals surface area contributed by atoms with Gasteiger partial charge in [0.1, 0.15) is 5.82 Å². The Labute approximate surface area is 148 Å². The lowest BCUT2D eigenvalue weighted by Gasteiger charge is -2.21. The predicted octanol–water partition coefficient (Wildman–Crippen LogP) is 3.51. The summed E-state index contributed by atoms with van der Waals surface area (Å²) in [5, 5.41) is 4.32. The smallest absolute Gasteiger partial charge is 0.136 e. The van der Waals surface area contributed by atoms with Gasteiger partial charge >= 0.3 is 0 Å². The van der Waals surface area contributed by atoms with Crippen molar-refractivity contribution < 1.29 is 0 Å². The highest BCUT2D eigenvalue weighted by Crippen LogP contribution is 2.28. The molecule has 0 atom stereocenters. The molecule has 0 spiro atoms. The molecule has 2 heterocycles. The second kappa shape index (κ2) is 7.94. The van der Waals surface area contributed by atoms with Crippen molar-refractivity contribution in [3.05, 3.63) is 48.7 Å². The molecule has 1 aromatic carbocycles. The minimum Gasteiger partial charge on any atom is -0.372 e. The maximum Gasteiger partial charge on any atom is 0.136 e. The molecule has 25 heavy (non-hydrogen) atoms. The van der Waals surface area contributed by atoms with Gasteiger partial charge in [0.25, 0.3) is 0 Å². The fourth-order valence-electron chi connectivity index (χ4n) is 2.98.